The summed E-state index contributed by atoms with van der Waals surface area (Å²) in [5.74, 6) is 0.717. The van der Waals surface area contributed by atoms with E-state index in [-0.39, 0.29) is 0 Å². The molecule has 15 heavy (non-hydrogen) atoms. The van der Waals surface area contributed by atoms with Gasteiger partial charge in [0.2, 0.25) is 0 Å². The number of rotatable bonds is 5. The number of hydrogen-bond donors (Lipinski definition) is 0. The molecule has 0 unspecified atom stereocenters. The first kappa shape index (κ1) is 12.4. The van der Waals surface area contributed by atoms with Gasteiger partial charge in [0.1, 0.15) is 5.75 Å². The van der Waals surface area contributed by atoms with Crippen LogP contribution in [0.3, 0.4) is 0 Å². The van der Waals surface area contributed by atoms with Crippen LogP contribution in [0, 0.1) is 11.3 Å². The number of alkyl halides is 1. The van der Waals surface area contributed by atoms with E-state index in [0.29, 0.717) is 29.1 Å². The Morgan fingerprint density at radius 2 is 2.27 bits per heavy atom. The van der Waals surface area contributed by atoms with Gasteiger partial charge in [-0.1, -0.05) is 39.7 Å². The lowest BCUT2D eigenvalue weighted by Crippen LogP contribution is -1.99. The summed E-state index contributed by atoms with van der Waals surface area (Å²) in [6, 6.07) is 7.72. The van der Waals surface area contributed by atoms with Crippen molar-refractivity contribution >= 4 is 27.5 Å². The molecule has 0 aliphatic rings. The number of hydrogen-bond acceptors (Lipinski definition) is 2. The Morgan fingerprint density at radius 1 is 1.47 bits per heavy atom. The van der Waals surface area contributed by atoms with Crippen LogP contribution in [-0.2, 0) is 5.33 Å². The van der Waals surface area contributed by atoms with E-state index < -0.39 is 0 Å². The van der Waals surface area contributed by atoms with Gasteiger partial charge in [0.25, 0.3) is 0 Å². The predicted molar refractivity (Wildman–Crippen MR) is 64.4 cm³/mol. The summed E-state index contributed by atoms with van der Waals surface area (Å²) in [6.07, 6.45) is 1.23. The molecule has 0 aliphatic carbocycles. The number of halogens is 2. The zero-order chi connectivity index (χ0) is 11.1. The van der Waals surface area contributed by atoms with Crippen LogP contribution >= 0.6 is 27.5 Å². The molecular weight excluding hydrogens is 277 g/mol. The third-order valence-corrected chi connectivity index (χ3v) is 2.77. The molecule has 1 rings (SSSR count). The number of ether oxygens (including phenoxy) is 1. The summed E-state index contributed by atoms with van der Waals surface area (Å²) in [6.45, 7) is 0.525. The molecule has 0 bridgehead atoms. The van der Waals surface area contributed by atoms with E-state index >= 15 is 0 Å². The summed E-state index contributed by atoms with van der Waals surface area (Å²) in [7, 11) is 0. The van der Waals surface area contributed by atoms with Gasteiger partial charge in [0, 0.05) is 17.3 Å². The number of nitriles is 1. The average Bonchev–Trinajstić information content (AvgIpc) is 2.26. The molecule has 0 saturated carbocycles. The van der Waals surface area contributed by atoms with Crippen molar-refractivity contribution in [3.8, 4) is 11.8 Å². The molecule has 1 aromatic rings. The largest absolute Gasteiger partial charge is 0.492 e. The van der Waals surface area contributed by atoms with Crippen molar-refractivity contribution < 1.29 is 4.74 Å². The Balaban J connectivity index is 2.63. The second-order valence-corrected chi connectivity index (χ2v) is 3.94. The van der Waals surface area contributed by atoms with Gasteiger partial charge >= 0.3 is 0 Å². The van der Waals surface area contributed by atoms with Gasteiger partial charge in [0.15, 0.2) is 0 Å². The first-order chi connectivity index (χ1) is 7.29. The van der Waals surface area contributed by atoms with Crippen molar-refractivity contribution in [2.75, 3.05) is 6.61 Å². The molecule has 0 amide bonds. The summed E-state index contributed by atoms with van der Waals surface area (Å²) in [5, 5.41) is 9.70. The molecule has 0 spiro atoms. The van der Waals surface area contributed by atoms with Crippen LogP contribution in [0.5, 0.6) is 5.75 Å². The first-order valence-corrected chi connectivity index (χ1v) is 6.12. The van der Waals surface area contributed by atoms with Crippen molar-refractivity contribution in [2.24, 2.45) is 0 Å². The van der Waals surface area contributed by atoms with E-state index in [0.717, 1.165) is 12.0 Å². The molecule has 2 nitrogen and oxygen atoms in total. The van der Waals surface area contributed by atoms with Gasteiger partial charge in [0.05, 0.1) is 17.7 Å². The Labute approximate surface area is 103 Å². The lowest BCUT2D eigenvalue weighted by Gasteiger charge is -2.10. The number of nitrogens with zero attached hydrogens (tertiary/aromatic N) is 1. The number of para-hydroxylation sites is 1. The highest BCUT2D eigenvalue weighted by molar-refractivity contribution is 9.08. The predicted octanol–water partition coefficient (Wildman–Crippen LogP) is 3.92. The molecule has 0 atom stereocenters. The third-order valence-electron chi connectivity index (χ3n) is 1.87. The van der Waals surface area contributed by atoms with Crippen molar-refractivity contribution in [1.82, 2.24) is 0 Å². The molecule has 0 N–H and O–H groups in total. The fraction of sp³-hybridized carbons (Fsp3) is 0.364. The minimum absolute atomic E-state index is 0.508. The van der Waals surface area contributed by atoms with Crippen LogP contribution in [0.2, 0.25) is 5.02 Å². The van der Waals surface area contributed by atoms with Gasteiger partial charge < -0.3 is 4.74 Å². The van der Waals surface area contributed by atoms with Gasteiger partial charge in [-0.05, 0) is 12.5 Å². The van der Waals surface area contributed by atoms with Crippen molar-refractivity contribution in [2.45, 2.75) is 18.2 Å². The van der Waals surface area contributed by atoms with E-state index in [9.17, 15) is 0 Å². The third kappa shape index (κ3) is 3.73. The zero-order valence-electron chi connectivity index (χ0n) is 8.17. The highest BCUT2D eigenvalue weighted by Gasteiger charge is 2.06. The van der Waals surface area contributed by atoms with Crippen molar-refractivity contribution in [3.63, 3.8) is 0 Å². The van der Waals surface area contributed by atoms with Gasteiger partial charge in [-0.2, -0.15) is 5.26 Å². The van der Waals surface area contributed by atoms with E-state index in [1.165, 1.54) is 0 Å². The number of benzene rings is 1. The quantitative estimate of drug-likeness (QED) is 0.608. The molecule has 80 valence electrons. The first-order valence-electron chi connectivity index (χ1n) is 4.62. The lowest BCUT2D eigenvalue weighted by atomic mass is 10.2. The second kappa shape index (κ2) is 6.71. The molecule has 0 aromatic heterocycles. The Kier molecular flexibility index (Phi) is 5.52. The number of unbranched alkanes of at least 4 members (excludes halogenated alkanes) is 1. The second-order valence-electron chi connectivity index (χ2n) is 2.97. The molecule has 0 fully saturated rings. The standard InChI is InChI=1S/C11H11BrClNO/c12-8-9-4-3-5-10(13)11(9)15-7-2-1-6-14/h3-5H,1-2,7-8H2. The Hall–Kier alpha value is -0.720. The fourth-order valence-electron chi connectivity index (χ4n) is 1.15. The molecule has 0 heterocycles. The SMILES string of the molecule is N#CCCCOc1c(Cl)cccc1CBr. The summed E-state index contributed by atoms with van der Waals surface area (Å²) in [4.78, 5) is 0. The highest BCUT2D eigenvalue weighted by atomic mass is 79.9. The average molecular weight is 289 g/mol. The fourth-order valence-corrected chi connectivity index (χ4v) is 1.84. The Morgan fingerprint density at radius 3 is 2.93 bits per heavy atom. The minimum Gasteiger partial charge on any atom is -0.492 e. The van der Waals surface area contributed by atoms with Crippen LogP contribution in [-0.4, -0.2) is 6.61 Å². The van der Waals surface area contributed by atoms with Crippen LogP contribution in [0.15, 0.2) is 18.2 Å². The molecule has 1 aromatic carbocycles. The summed E-state index contributed by atoms with van der Waals surface area (Å²) >= 11 is 9.38. The van der Waals surface area contributed by atoms with Crippen LogP contribution in [0.25, 0.3) is 0 Å². The molecule has 4 heteroatoms. The summed E-state index contributed by atoms with van der Waals surface area (Å²) < 4.78 is 5.55. The maximum atomic E-state index is 8.38. The summed E-state index contributed by atoms with van der Waals surface area (Å²) in [5.41, 5.74) is 1.03. The molecule has 0 saturated heterocycles. The highest BCUT2D eigenvalue weighted by Crippen LogP contribution is 2.30. The molecule has 0 radical (unpaired) electrons. The topological polar surface area (TPSA) is 33.0 Å². The lowest BCUT2D eigenvalue weighted by molar-refractivity contribution is 0.310. The van der Waals surface area contributed by atoms with Crippen LogP contribution < -0.4 is 4.74 Å². The normalized spacial score (nSPS) is 9.67. The van der Waals surface area contributed by atoms with Crippen molar-refractivity contribution in [1.29, 1.82) is 5.26 Å². The van der Waals surface area contributed by atoms with Gasteiger partial charge in [-0.25, -0.2) is 0 Å². The van der Waals surface area contributed by atoms with Gasteiger partial charge in [-0.3, -0.25) is 0 Å². The van der Waals surface area contributed by atoms with E-state index in [4.69, 9.17) is 21.6 Å². The molecular formula is C11H11BrClNO. The zero-order valence-corrected chi connectivity index (χ0v) is 10.5. The maximum Gasteiger partial charge on any atom is 0.141 e. The minimum atomic E-state index is 0.508. The molecule has 0 aliphatic heterocycles. The Bertz CT molecular complexity index is 362. The van der Waals surface area contributed by atoms with E-state index in [1.54, 1.807) is 6.07 Å². The smallest absolute Gasteiger partial charge is 0.141 e. The van der Waals surface area contributed by atoms with Crippen LogP contribution in [0.1, 0.15) is 18.4 Å². The van der Waals surface area contributed by atoms with Crippen LogP contribution in [0.4, 0.5) is 0 Å². The monoisotopic (exact) mass is 287 g/mol. The maximum absolute atomic E-state index is 8.38. The van der Waals surface area contributed by atoms with Gasteiger partial charge in [-0.15, -0.1) is 0 Å². The van der Waals surface area contributed by atoms with E-state index in [1.807, 2.05) is 12.1 Å². The van der Waals surface area contributed by atoms with Crippen molar-refractivity contribution in [3.05, 3.63) is 28.8 Å². The van der Waals surface area contributed by atoms with E-state index in [2.05, 4.69) is 22.0 Å².